The Bertz CT molecular complexity index is 578. The SMILES string of the molecule is CCc1nc(-c2cccc(OC)c2)sc1C(N)=S. The number of nitrogens with zero attached hydrogens (tertiary/aromatic N) is 1. The summed E-state index contributed by atoms with van der Waals surface area (Å²) in [6.45, 7) is 2.05. The van der Waals surface area contributed by atoms with Gasteiger partial charge in [-0.05, 0) is 18.6 Å². The van der Waals surface area contributed by atoms with Crippen molar-refractivity contribution in [1.82, 2.24) is 4.98 Å². The van der Waals surface area contributed by atoms with Gasteiger partial charge in [0.2, 0.25) is 0 Å². The summed E-state index contributed by atoms with van der Waals surface area (Å²) >= 11 is 6.58. The minimum atomic E-state index is 0.415. The van der Waals surface area contributed by atoms with E-state index < -0.39 is 0 Å². The normalized spacial score (nSPS) is 10.3. The highest BCUT2D eigenvalue weighted by Crippen LogP contribution is 2.30. The average Bonchev–Trinajstić information content (AvgIpc) is 2.83. The predicted octanol–water partition coefficient (Wildman–Crippen LogP) is 3.02. The van der Waals surface area contributed by atoms with E-state index in [4.69, 9.17) is 22.7 Å². The third-order valence-electron chi connectivity index (χ3n) is 2.57. The van der Waals surface area contributed by atoms with Crippen molar-refractivity contribution in [3.8, 4) is 16.3 Å². The van der Waals surface area contributed by atoms with Crippen LogP contribution in [-0.4, -0.2) is 17.1 Å². The zero-order valence-electron chi connectivity index (χ0n) is 10.3. The molecule has 0 aliphatic rings. The standard InChI is InChI=1S/C13H14N2OS2/c1-3-10-11(12(14)17)18-13(15-10)8-5-4-6-9(7-8)16-2/h4-7H,3H2,1-2H3,(H2,14,17). The first-order valence-electron chi connectivity index (χ1n) is 5.59. The monoisotopic (exact) mass is 278 g/mol. The number of aryl methyl sites for hydroxylation is 1. The summed E-state index contributed by atoms with van der Waals surface area (Å²) < 4.78 is 5.21. The fourth-order valence-electron chi connectivity index (χ4n) is 1.66. The van der Waals surface area contributed by atoms with Crippen molar-refractivity contribution >= 4 is 28.5 Å². The van der Waals surface area contributed by atoms with E-state index in [1.807, 2.05) is 31.2 Å². The van der Waals surface area contributed by atoms with Gasteiger partial charge in [-0.25, -0.2) is 4.98 Å². The average molecular weight is 278 g/mol. The Morgan fingerprint density at radius 3 is 2.83 bits per heavy atom. The van der Waals surface area contributed by atoms with Gasteiger partial charge in [-0.2, -0.15) is 0 Å². The topological polar surface area (TPSA) is 48.1 Å². The third-order valence-corrected chi connectivity index (χ3v) is 4.09. The molecule has 5 heteroatoms. The van der Waals surface area contributed by atoms with Crippen LogP contribution in [0.25, 0.3) is 10.6 Å². The first-order valence-corrected chi connectivity index (χ1v) is 6.82. The van der Waals surface area contributed by atoms with E-state index in [9.17, 15) is 0 Å². The number of rotatable bonds is 4. The minimum Gasteiger partial charge on any atom is -0.497 e. The molecule has 1 aromatic carbocycles. The number of aromatic nitrogens is 1. The molecule has 2 N–H and O–H groups in total. The van der Waals surface area contributed by atoms with Gasteiger partial charge in [0.15, 0.2) is 0 Å². The van der Waals surface area contributed by atoms with Crippen LogP contribution in [0.3, 0.4) is 0 Å². The molecular weight excluding hydrogens is 264 g/mol. The highest BCUT2D eigenvalue weighted by Gasteiger charge is 2.13. The lowest BCUT2D eigenvalue weighted by molar-refractivity contribution is 0.415. The van der Waals surface area contributed by atoms with Crippen LogP contribution in [0.15, 0.2) is 24.3 Å². The first-order chi connectivity index (χ1) is 8.65. The quantitative estimate of drug-likeness (QED) is 0.873. The summed E-state index contributed by atoms with van der Waals surface area (Å²) in [5.74, 6) is 0.817. The number of hydrogen-bond acceptors (Lipinski definition) is 4. The summed E-state index contributed by atoms with van der Waals surface area (Å²) in [6, 6.07) is 7.82. The molecule has 18 heavy (non-hydrogen) atoms. The lowest BCUT2D eigenvalue weighted by Gasteiger charge is -2.00. The van der Waals surface area contributed by atoms with E-state index in [-0.39, 0.29) is 0 Å². The van der Waals surface area contributed by atoms with Crippen LogP contribution in [-0.2, 0) is 6.42 Å². The molecule has 0 aliphatic carbocycles. The number of methoxy groups -OCH3 is 1. The van der Waals surface area contributed by atoms with E-state index in [1.54, 1.807) is 7.11 Å². The van der Waals surface area contributed by atoms with Crippen LogP contribution in [0.1, 0.15) is 17.5 Å². The molecule has 2 rings (SSSR count). The fraction of sp³-hybridized carbons (Fsp3) is 0.231. The lowest BCUT2D eigenvalue weighted by atomic mass is 10.2. The van der Waals surface area contributed by atoms with Crippen LogP contribution in [0, 0.1) is 0 Å². The molecule has 0 fully saturated rings. The molecule has 0 atom stereocenters. The number of ether oxygens (including phenoxy) is 1. The Labute approximate surface area is 116 Å². The largest absolute Gasteiger partial charge is 0.497 e. The maximum absolute atomic E-state index is 5.71. The van der Waals surface area contributed by atoms with Gasteiger partial charge in [-0.1, -0.05) is 31.3 Å². The maximum atomic E-state index is 5.71. The van der Waals surface area contributed by atoms with Crippen molar-refractivity contribution in [1.29, 1.82) is 0 Å². The van der Waals surface area contributed by atoms with Gasteiger partial charge >= 0.3 is 0 Å². The molecule has 1 aromatic heterocycles. The fourth-order valence-corrected chi connectivity index (χ4v) is 2.91. The zero-order valence-corrected chi connectivity index (χ0v) is 11.9. The maximum Gasteiger partial charge on any atom is 0.124 e. The number of thiazole rings is 1. The molecule has 3 nitrogen and oxygen atoms in total. The van der Waals surface area contributed by atoms with E-state index in [0.29, 0.717) is 4.99 Å². The summed E-state index contributed by atoms with van der Waals surface area (Å²) in [6.07, 6.45) is 0.827. The Balaban J connectivity index is 2.47. The number of benzene rings is 1. The molecule has 0 radical (unpaired) electrons. The van der Waals surface area contributed by atoms with Crippen LogP contribution < -0.4 is 10.5 Å². The Kier molecular flexibility index (Phi) is 3.93. The van der Waals surface area contributed by atoms with Crippen LogP contribution in [0.5, 0.6) is 5.75 Å². The lowest BCUT2D eigenvalue weighted by Crippen LogP contribution is -2.09. The molecule has 0 bridgehead atoms. The molecule has 0 amide bonds. The molecule has 2 aromatic rings. The van der Waals surface area contributed by atoms with Crippen LogP contribution >= 0.6 is 23.6 Å². The molecular formula is C13H14N2OS2. The van der Waals surface area contributed by atoms with Gasteiger partial charge in [-0.15, -0.1) is 11.3 Å². The van der Waals surface area contributed by atoms with Gasteiger partial charge in [0.25, 0.3) is 0 Å². The van der Waals surface area contributed by atoms with Crippen molar-refractivity contribution in [3.63, 3.8) is 0 Å². The first kappa shape index (κ1) is 13.0. The van der Waals surface area contributed by atoms with Gasteiger partial charge in [0.1, 0.15) is 15.7 Å². The number of thiocarbonyl (C=S) groups is 1. The second kappa shape index (κ2) is 5.46. The second-order valence-corrected chi connectivity index (χ2v) is 5.18. The van der Waals surface area contributed by atoms with Crippen molar-refractivity contribution in [2.45, 2.75) is 13.3 Å². The van der Waals surface area contributed by atoms with Gasteiger partial charge < -0.3 is 10.5 Å². The van der Waals surface area contributed by atoms with E-state index in [2.05, 4.69) is 4.98 Å². The molecule has 0 spiro atoms. The molecule has 0 unspecified atom stereocenters. The van der Waals surface area contributed by atoms with Crippen LogP contribution in [0.2, 0.25) is 0 Å². The molecule has 0 aliphatic heterocycles. The summed E-state index contributed by atoms with van der Waals surface area (Å²) in [7, 11) is 1.65. The van der Waals surface area contributed by atoms with Gasteiger partial charge in [-0.3, -0.25) is 0 Å². The smallest absolute Gasteiger partial charge is 0.124 e. The van der Waals surface area contributed by atoms with Crippen molar-refractivity contribution in [2.75, 3.05) is 7.11 Å². The van der Waals surface area contributed by atoms with Crippen molar-refractivity contribution in [2.24, 2.45) is 5.73 Å². The highest BCUT2D eigenvalue weighted by atomic mass is 32.1. The van der Waals surface area contributed by atoms with Crippen molar-refractivity contribution in [3.05, 3.63) is 34.8 Å². The molecule has 0 saturated heterocycles. The Hall–Kier alpha value is -1.46. The molecule has 0 saturated carbocycles. The predicted molar refractivity (Wildman–Crippen MR) is 79.4 cm³/mol. The van der Waals surface area contributed by atoms with E-state index in [0.717, 1.165) is 33.3 Å². The van der Waals surface area contributed by atoms with Crippen molar-refractivity contribution < 1.29 is 4.74 Å². The number of nitrogens with two attached hydrogens (primary N) is 1. The third kappa shape index (κ3) is 2.52. The molecule has 94 valence electrons. The van der Waals surface area contributed by atoms with Gasteiger partial charge in [0.05, 0.1) is 17.7 Å². The Morgan fingerprint density at radius 2 is 2.28 bits per heavy atom. The van der Waals surface area contributed by atoms with E-state index >= 15 is 0 Å². The number of hydrogen-bond donors (Lipinski definition) is 1. The summed E-state index contributed by atoms with van der Waals surface area (Å²) in [4.78, 5) is 5.91. The summed E-state index contributed by atoms with van der Waals surface area (Å²) in [5, 5.41) is 0.925. The minimum absolute atomic E-state index is 0.415. The highest BCUT2D eigenvalue weighted by molar-refractivity contribution is 7.81. The Morgan fingerprint density at radius 1 is 1.50 bits per heavy atom. The van der Waals surface area contributed by atoms with E-state index in [1.165, 1.54) is 11.3 Å². The van der Waals surface area contributed by atoms with Crippen LogP contribution in [0.4, 0.5) is 0 Å². The zero-order chi connectivity index (χ0) is 13.1. The summed E-state index contributed by atoms with van der Waals surface area (Å²) in [5.41, 5.74) is 7.70. The van der Waals surface area contributed by atoms with Gasteiger partial charge in [0, 0.05) is 5.56 Å². The molecule has 1 heterocycles. The second-order valence-electron chi connectivity index (χ2n) is 3.74.